The molecule has 2 aliphatic carbocycles. The average molecular weight is 776 g/mol. The number of fused-ring (bicyclic) bond motifs is 13. The molecule has 9 aromatic rings. The summed E-state index contributed by atoms with van der Waals surface area (Å²) < 4.78 is 0. The number of hydrogen-bond donors (Lipinski definition) is 1. The quantitative estimate of drug-likeness (QED) is 0.184. The molecule has 3 aliphatic rings. The zero-order valence-corrected chi connectivity index (χ0v) is 33.6. The van der Waals surface area contributed by atoms with E-state index in [1.807, 2.05) is 6.08 Å². The van der Waals surface area contributed by atoms with E-state index in [-0.39, 0.29) is 6.04 Å². The van der Waals surface area contributed by atoms with Gasteiger partial charge in [-0.1, -0.05) is 219 Å². The molecule has 1 nitrogen and oxygen atoms in total. The van der Waals surface area contributed by atoms with Crippen LogP contribution in [0, 0.1) is 0 Å². The molecule has 9 aromatic carbocycles. The molecule has 0 fully saturated rings. The fourth-order valence-electron chi connectivity index (χ4n) is 10.8. The van der Waals surface area contributed by atoms with Crippen molar-refractivity contribution in [1.82, 2.24) is 5.32 Å². The molecule has 286 valence electrons. The van der Waals surface area contributed by atoms with E-state index in [2.05, 4.69) is 230 Å². The highest BCUT2D eigenvalue weighted by Crippen LogP contribution is 2.62. The zero-order valence-electron chi connectivity index (χ0n) is 33.6. The van der Waals surface area contributed by atoms with Crippen molar-refractivity contribution in [2.75, 3.05) is 0 Å². The Bertz CT molecular complexity index is 3190. The van der Waals surface area contributed by atoms with Gasteiger partial charge in [-0.05, 0) is 112 Å². The number of rotatable bonds is 5. The third kappa shape index (κ3) is 5.20. The standard InChI is InChI=1S/C60H41N/c1-2-44-46-25-8-9-30-51(46)58(39-19-4-3-5-20-39)61-59(44)43-24-17-22-41(38-43)40-21-16-23-42(37-40)45-32-18-36-56-57(45)52-31-12-15-35-55(52)60(56)53-33-13-10-28-49(53)47-26-6-7-27-48(47)50-29-11-14-34-54(50)60/h2-38,58,61H,1H2. The van der Waals surface area contributed by atoms with Crippen LogP contribution in [0.3, 0.4) is 0 Å². The van der Waals surface area contributed by atoms with Gasteiger partial charge in [0.25, 0.3) is 0 Å². The Morgan fingerprint density at radius 3 is 1.49 bits per heavy atom. The summed E-state index contributed by atoms with van der Waals surface area (Å²) in [5.74, 6) is 0. The van der Waals surface area contributed by atoms with Gasteiger partial charge in [-0.2, -0.15) is 0 Å². The Balaban J connectivity index is 1.02. The minimum absolute atomic E-state index is 0.0241. The lowest BCUT2D eigenvalue weighted by molar-refractivity contribution is 0.734. The summed E-state index contributed by atoms with van der Waals surface area (Å²) in [6.45, 7) is 4.30. The Kier molecular flexibility index (Phi) is 8.05. The van der Waals surface area contributed by atoms with Gasteiger partial charge in [0.1, 0.15) is 0 Å². The first-order valence-electron chi connectivity index (χ1n) is 21.2. The molecule has 0 radical (unpaired) electrons. The summed E-state index contributed by atoms with van der Waals surface area (Å²) >= 11 is 0. The lowest BCUT2D eigenvalue weighted by Crippen LogP contribution is -2.29. The normalized spacial score (nSPS) is 15.0. The van der Waals surface area contributed by atoms with Crippen LogP contribution < -0.4 is 5.32 Å². The van der Waals surface area contributed by atoms with Crippen LogP contribution in [0.25, 0.3) is 66.9 Å². The Hall–Kier alpha value is -7.74. The summed E-state index contributed by atoms with van der Waals surface area (Å²) in [6.07, 6.45) is 2.00. The Labute approximate surface area is 357 Å². The van der Waals surface area contributed by atoms with Crippen molar-refractivity contribution < 1.29 is 0 Å². The van der Waals surface area contributed by atoms with Crippen LogP contribution in [0.2, 0.25) is 0 Å². The predicted molar refractivity (Wildman–Crippen MR) is 254 cm³/mol. The van der Waals surface area contributed by atoms with Crippen LogP contribution in [0.4, 0.5) is 0 Å². The summed E-state index contributed by atoms with van der Waals surface area (Å²) in [7, 11) is 0. The van der Waals surface area contributed by atoms with E-state index in [1.54, 1.807) is 0 Å². The lowest BCUT2D eigenvalue weighted by atomic mass is 9.66. The van der Waals surface area contributed by atoms with Crippen LogP contribution >= 0.6 is 0 Å². The molecule has 1 N–H and O–H groups in total. The summed E-state index contributed by atoms with van der Waals surface area (Å²) in [5.41, 5.74) is 24.3. The van der Waals surface area contributed by atoms with E-state index >= 15 is 0 Å². The van der Waals surface area contributed by atoms with Crippen molar-refractivity contribution in [2.45, 2.75) is 11.5 Å². The second-order valence-corrected chi connectivity index (χ2v) is 16.4. The monoisotopic (exact) mass is 775 g/mol. The number of allylic oxidation sites excluding steroid dienone is 2. The molecule has 0 saturated carbocycles. The van der Waals surface area contributed by atoms with E-state index in [0.29, 0.717) is 0 Å². The molecule has 0 amide bonds. The van der Waals surface area contributed by atoms with Crippen molar-refractivity contribution in [3.8, 4) is 55.6 Å². The van der Waals surface area contributed by atoms with Gasteiger partial charge in [-0.3, -0.25) is 0 Å². The van der Waals surface area contributed by atoms with Crippen LogP contribution in [0.15, 0.2) is 231 Å². The van der Waals surface area contributed by atoms with E-state index in [1.165, 1.54) is 94.6 Å². The van der Waals surface area contributed by atoms with Gasteiger partial charge in [-0.15, -0.1) is 0 Å². The molecule has 1 atom stereocenters. The fraction of sp³-hybridized carbons (Fsp3) is 0.0333. The third-order valence-corrected chi connectivity index (χ3v) is 13.4. The van der Waals surface area contributed by atoms with E-state index in [4.69, 9.17) is 0 Å². The van der Waals surface area contributed by atoms with Crippen molar-refractivity contribution in [3.63, 3.8) is 0 Å². The molecular weight excluding hydrogens is 735 g/mol. The number of hydrogen-bond acceptors (Lipinski definition) is 1. The predicted octanol–water partition coefficient (Wildman–Crippen LogP) is 14.8. The van der Waals surface area contributed by atoms with E-state index in [9.17, 15) is 0 Å². The first-order valence-corrected chi connectivity index (χ1v) is 21.2. The topological polar surface area (TPSA) is 12.0 Å². The second kappa shape index (κ2) is 13.9. The highest BCUT2D eigenvalue weighted by molar-refractivity contribution is 6.01. The van der Waals surface area contributed by atoms with Crippen LogP contribution in [-0.2, 0) is 5.41 Å². The fourth-order valence-corrected chi connectivity index (χ4v) is 10.8. The Morgan fingerprint density at radius 1 is 0.377 bits per heavy atom. The largest absolute Gasteiger partial charge is 0.373 e. The van der Waals surface area contributed by atoms with Gasteiger partial charge in [0.05, 0.1) is 17.2 Å². The molecule has 1 unspecified atom stereocenters. The second-order valence-electron chi connectivity index (χ2n) is 16.4. The van der Waals surface area contributed by atoms with Gasteiger partial charge in [-0.25, -0.2) is 0 Å². The van der Waals surface area contributed by atoms with Crippen molar-refractivity contribution in [1.29, 1.82) is 0 Å². The highest BCUT2D eigenvalue weighted by Gasteiger charge is 2.50. The number of benzene rings is 9. The van der Waals surface area contributed by atoms with E-state index < -0.39 is 5.41 Å². The van der Waals surface area contributed by atoms with Gasteiger partial charge in [0.2, 0.25) is 0 Å². The Morgan fingerprint density at radius 2 is 0.836 bits per heavy atom. The molecule has 1 spiro atoms. The van der Waals surface area contributed by atoms with Gasteiger partial charge >= 0.3 is 0 Å². The molecule has 0 bridgehead atoms. The minimum Gasteiger partial charge on any atom is -0.373 e. The molecule has 61 heavy (non-hydrogen) atoms. The lowest BCUT2D eigenvalue weighted by Gasteiger charge is -2.35. The van der Waals surface area contributed by atoms with E-state index in [0.717, 1.165) is 16.8 Å². The van der Waals surface area contributed by atoms with Crippen LogP contribution in [0.5, 0.6) is 0 Å². The molecule has 12 rings (SSSR count). The van der Waals surface area contributed by atoms with Crippen molar-refractivity contribution in [2.24, 2.45) is 0 Å². The molecule has 1 heteroatoms. The smallest absolute Gasteiger partial charge is 0.0773 e. The van der Waals surface area contributed by atoms with Crippen LogP contribution in [-0.4, -0.2) is 0 Å². The zero-order chi connectivity index (χ0) is 40.5. The third-order valence-electron chi connectivity index (χ3n) is 13.4. The maximum absolute atomic E-state index is 4.30. The first-order chi connectivity index (χ1) is 30.2. The van der Waals surface area contributed by atoms with Gasteiger partial charge < -0.3 is 5.32 Å². The maximum Gasteiger partial charge on any atom is 0.0773 e. The molecular formula is C60H41N. The number of nitrogens with one attached hydrogen (secondary N) is 1. The molecule has 1 heterocycles. The average Bonchev–Trinajstić information content (AvgIpc) is 3.59. The molecule has 0 saturated heterocycles. The van der Waals surface area contributed by atoms with Crippen molar-refractivity contribution in [3.05, 3.63) is 276 Å². The highest BCUT2D eigenvalue weighted by atomic mass is 14.9. The minimum atomic E-state index is -0.514. The first kappa shape index (κ1) is 35.2. The summed E-state index contributed by atoms with van der Waals surface area (Å²) in [5, 5.41) is 3.96. The van der Waals surface area contributed by atoms with Gasteiger partial charge in [0.15, 0.2) is 0 Å². The van der Waals surface area contributed by atoms with Crippen LogP contribution in [0.1, 0.15) is 50.5 Å². The maximum atomic E-state index is 4.30. The summed E-state index contributed by atoms with van der Waals surface area (Å²) in [6, 6.07) is 80.8. The molecule has 0 aromatic heterocycles. The van der Waals surface area contributed by atoms with Gasteiger partial charge in [0, 0.05) is 5.57 Å². The summed E-state index contributed by atoms with van der Waals surface area (Å²) in [4.78, 5) is 0. The molecule has 1 aliphatic heterocycles. The SMILES string of the molecule is C=CC1=C(c2cccc(-c3cccc(-c4cccc5c4-c4ccccc4C54c5ccccc5-c5ccccc5-c5ccccc54)c3)c2)NC(c2ccccc2)c2ccccc21. The van der Waals surface area contributed by atoms with Crippen molar-refractivity contribution >= 4 is 11.3 Å².